The van der Waals surface area contributed by atoms with Gasteiger partial charge in [0.05, 0.1) is 13.2 Å². The van der Waals surface area contributed by atoms with Gasteiger partial charge in [-0.3, -0.25) is 0 Å². The number of carboxylic acid groups (broad SMARTS) is 1. The van der Waals surface area contributed by atoms with Crippen molar-refractivity contribution < 1.29 is 28.9 Å². The van der Waals surface area contributed by atoms with Gasteiger partial charge < -0.3 is 24.6 Å². The molecule has 2 rings (SSSR count). The van der Waals surface area contributed by atoms with Crippen molar-refractivity contribution in [2.75, 3.05) is 13.2 Å². The van der Waals surface area contributed by atoms with Crippen LogP contribution in [0.3, 0.4) is 0 Å². The Morgan fingerprint density at radius 1 is 1.26 bits per heavy atom. The number of carbonyl (C=O) groups is 2. The van der Waals surface area contributed by atoms with E-state index in [9.17, 15) is 14.7 Å². The van der Waals surface area contributed by atoms with E-state index in [0.29, 0.717) is 19.6 Å². The Hall–Kier alpha value is -1.34. The largest absolute Gasteiger partial charge is 0.480 e. The predicted molar refractivity (Wildman–Crippen MR) is 82.0 cm³/mol. The zero-order valence-corrected chi connectivity index (χ0v) is 14.1. The number of carbonyl (C=O) groups excluding carboxylic acids is 1. The summed E-state index contributed by atoms with van der Waals surface area (Å²) >= 11 is 0. The lowest BCUT2D eigenvalue weighted by Crippen LogP contribution is -2.45. The Labute approximate surface area is 136 Å². The van der Waals surface area contributed by atoms with Crippen LogP contribution in [-0.2, 0) is 19.0 Å². The van der Waals surface area contributed by atoms with Crippen LogP contribution >= 0.6 is 0 Å². The zero-order valence-electron chi connectivity index (χ0n) is 14.1. The van der Waals surface area contributed by atoms with Crippen LogP contribution in [0.4, 0.5) is 4.79 Å². The molecule has 1 aliphatic heterocycles. The van der Waals surface area contributed by atoms with Crippen molar-refractivity contribution in [3.63, 3.8) is 0 Å². The summed E-state index contributed by atoms with van der Waals surface area (Å²) in [7, 11) is 0. The summed E-state index contributed by atoms with van der Waals surface area (Å²) in [5.41, 5.74) is -0.651. The molecule has 0 aromatic rings. The average Bonchev–Trinajstić information content (AvgIpc) is 2.87. The van der Waals surface area contributed by atoms with E-state index in [1.165, 1.54) is 0 Å². The van der Waals surface area contributed by atoms with Crippen LogP contribution in [0.5, 0.6) is 0 Å². The fraction of sp³-hybridized carbons (Fsp3) is 0.875. The summed E-state index contributed by atoms with van der Waals surface area (Å²) in [6.07, 6.45) is 2.91. The van der Waals surface area contributed by atoms with Crippen LogP contribution < -0.4 is 5.32 Å². The van der Waals surface area contributed by atoms with E-state index in [2.05, 4.69) is 5.32 Å². The van der Waals surface area contributed by atoms with E-state index in [1.807, 2.05) is 0 Å². The van der Waals surface area contributed by atoms with Gasteiger partial charge in [-0.25, -0.2) is 9.59 Å². The maximum atomic E-state index is 11.8. The van der Waals surface area contributed by atoms with Gasteiger partial charge in [-0.15, -0.1) is 0 Å². The van der Waals surface area contributed by atoms with E-state index in [0.717, 1.165) is 25.7 Å². The highest BCUT2D eigenvalue weighted by atomic mass is 16.7. The molecular formula is C16H27NO6. The highest BCUT2D eigenvalue weighted by Crippen LogP contribution is 2.39. The van der Waals surface area contributed by atoms with Gasteiger partial charge in [0.25, 0.3) is 0 Å². The summed E-state index contributed by atoms with van der Waals surface area (Å²) < 4.78 is 16.5. The molecule has 1 saturated heterocycles. The SMILES string of the molecule is CC(C)(C)OC(=O)NC(CC1CCC2(CC1)OCCO2)C(=O)O. The third-order valence-electron chi connectivity index (χ3n) is 4.24. The van der Waals surface area contributed by atoms with Gasteiger partial charge in [0, 0.05) is 12.8 Å². The van der Waals surface area contributed by atoms with E-state index in [4.69, 9.17) is 14.2 Å². The molecule has 0 radical (unpaired) electrons. The van der Waals surface area contributed by atoms with Gasteiger partial charge in [-0.2, -0.15) is 0 Å². The molecule has 1 spiro atoms. The van der Waals surface area contributed by atoms with E-state index in [-0.39, 0.29) is 5.92 Å². The minimum Gasteiger partial charge on any atom is -0.480 e. The van der Waals surface area contributed by atoms with E-state index in [1.54, 1.807) is 20.8 Å². The molecule has 0 aromatic carbocycles. The quantitative estimate of drug-likeness (QED) is 0.822. The van der Waals surface area contributed by atoms with Crippen molar-refractivity contribution in [1.82, 2.24) is 5.32 Å². The van der Waals surface area contributed by atoms with Crippen molar-refractivity contribution in [1.29, 1.82) is 0 Å². The van der Waals surface area contributed by atoms with Gasteiger partial charge in [0.2, 0.25) is 0 Å². The van der Waals surface area contributed by atoms with Crippen LogP contribution in [-0.4, -0.2) is 47.8 Å². The van der Waals surface area contributed by atoms with Crippen molar-refractivity contribution in [2.45, 2.75) is 70.3 Å². The second-order valence-electron chi connectivity index (χ2n) is 7.32. The highest BCUT2D eigenvalue weighted by molar-refractivity contribution is 5.80. The fourth-order valence-electron chi connectivity index (χ4n) is 3.14. The molecule has 7 nitrogen and oxygen atoms in total. The number of rotatable bonds is 4. The standard InChI is InChI=1S/C16H27NO6/c1-15(2,3)23-14(20)17-12(13(18)19)10-11-4-6-16(7-5-11)21-8-9-22-16/h11-12H,4-10H2,1-3H3,(H,17,20)(H,18,19). The van der Waals surface area contributed by atoms with Crippen LogP contribution in [0.1, 0.15) is 52.9 Å². The van der Waals surface area contributed by atoms with Crippen molar-refractivity contribution in [3.8, 4) is 0 Å². The van der Waals surface area contributed by atoms with Crippen molar-refractivity contribution >= 4 is 12.1 Å². The number of alkyl carbamates (subject to hydrolysis) is 1. The van der Waals surface area contributed by atoms with Crippen molar-refractivity contribution in [3.05, 3.63) is 0 Å². The van der Waals surface area contributed by atoms with Gasteiger partial charge in [-0.05, 0) is 46.0 Å². The number of carboxylic acids is 1. The lowest BCUT2D eigenvalue weighted by molar-refractivity contribution is -0.183. The second-order valence-corrected chi connectivity index (χ2v) is 7.32. The Balaban J connectivity index is 1.83. The highest BCUT2D eigenvalue weighted by Gasteiger charge is 2.41. The molecule has 1 heterocycles. The van der Waals surface area contributed by atoms with Gasteiger partial charge >= 0.3 is 12.1 Å². The third-order valence-corrected chi connectivity index (χ3v) is 4.24. The average molecular weight is 329 g/mol. The monoisotopic (exact) mass is 329 g/mol. The van der Waals surface area contributed by atoms with Crippen LogP contribution in [0, 0.1) is 5.92 Å². The van der Waals surface area contributed by atoms with Gasteiger partial charge in [-0.1, -0.05) is 0 Å². The number of hydrogen-bond acceptors (Lipinski definition) is 5. The second kappa shape index (κ2) is 7.05. The predicted octanol–water partition coefficient (Wildman–Crippen LogP) is 2.29. The number of ether oxygens (including phenoxy) is 3. The Kier molecular flexibility index (Phi) is 5.52. The number of hydrogen-bond donors (Lipinski definition) is 2. The first-order chi connectivity index (χ1) is 10.7. The molecule has 0 aromatic heterocycles. The van der Waals surface area contributed by atoms with E-state index >= 15 is 0 Å². The topological polar surface area (TPSA) is 94.1 Å². The summed E-state index contributed by atoms with van der Waals surface area (Å²) in [4.78, 5) is 23.2. The summed E-state index contributed by atoms with van der Waals surface area (Å²) in [5, 5.41) is 11.8. The minimum atomic E-state index is -1.04. The van der Waals surface area contributed by atoms with Crippen LogP contribution in [0.25, 0.3) is 0 Å². The summed E-state index contributed by atoms with van der Waals surface area (Å²) in [6.45, 7) is 6.48. The van der Waals surface area contributed by atoms with Crippen molar-refractivity contribution in [2.24, 2.45) is 5.92 Å². The maximum absolute atomic E-state index is 11.8. The smallest absolute Gasteiger partial charge is 0.408 e. The van der Waals surface area contributed by atoms with Crippen LogP contribution in [0.15, 0.2) is 0 Å². The lowest BCUT2D eigenvalue weighted by Gasteiger charge is -2.36. The molecular weight excluding hydrogens is 302 g/mol. The molecule has 1 amide bonds. The summed E-state index contributed by atoms with van der Waals surface area (Å²) in [6, 6.07) is -0.936. The van der Waals surface area contributed by atoms with Gasteiger partial charge in [0.1, 0.15) is 11.6 Å². The molecule has 1 atom stereocenters. The Morgan fingerprint density at radius 3 is 2.30 bits per heavy atom. The molecule has 0 bridgehead atoms. The molecule has 1 aliphatic carbocycles. The molecule has 2 aliphatic rings. The lowest BCUT2D eigenvalue weighted by atomic mass is 9.81. The Bertz CT molecular complexity index is 428. The summed E-state index contributed by atoms with van der Waals surface area (Å²) in [5.74, 6) is -1.26. The van der Waals surface area contributed by atoms with Crippen LogP contribution in [0.2, 0.25) is 0 Å². The fourth-order valence-corrected chi connectivity index (χ4v) is 3.14. The molecule has 23 heavy (non-hydrogen) atoms. The number of aliphatic carboxylic acids is 1. The first-order valence-electron chi connectivity index (χ1n) is 8.19. The maximum Gasteiger partial charge on any atom is 0.408 e. The van der Waals surface area contributed by atoms with E-state index < -0.39 is 29.5 Å². The molecule has 2 fully saturated rings. The number of amides is 1. The number of nitrogens with one attached hydrogen (secondary N) is 1. The normalized spacial score (nSPS) is 22.7. The molecule has 7 heteroatoms. The molecule has 1 unspecified atom stereocenters. The molecule has 1 saturated carbocycles. The molecule has 132 valence electrons. The molecule has 2 N–H and O–H groups in total. The minimum absolute atomic E-state index is 0.226. The van der Waals surface area contributed by atoms with Gasteiger partial charge in [0.15, 0.2) is 5.79 Å². The third kappa shape index (κ3) is 5.35. The zero-order chi connectivity index (χ0) is 17.1. The Morgan fingerprint density at radius 2 is 1.83 bits per heavy atom. The first kappa shape index (κ1) is 18.0. The first-order valence-corrected chi connectivity index (χ1v) is 8.19.